The van der Waals surface area contributed by atoms with Gasteiger partial charge in [-0.3, -0.25) is 0 Å². The number of hydrogen-bond acceptors (Lipinski definition) is 3. The van der Waals surface area contributed by atoms with Crippen molar-refractivity contribution in [2.45, 2.75) is 6.10 Å². The van der Waals surface area contributed by atoms with Crippen molar-refractivity contribution in [3.05, 3.63) is 71.2 Å². The Balaban J connectivity index is 1.83. The van der Waals surface area contributed by atoms with Crippen LogP contribution >= 0.6 is 11.6 Å². The molecule has 3 heterocycles. The number of benzene rings is 1. The third kappa shape index (κ3) is 2.00. The quantitative estimate of drug-likeness (QED) is 0.612. The second-order valence-electron chi connectivity index (χ2n) is 4.86. The molecule has 5 heteroatoms. The average molecular weight is 299 g/mol. The minimum atomic E-state index is -0.865. The highest BCUT2D eigenvalue weighted by atomic mass is 35.5. The summed E-state index contributed by atoms with van der Waals surface area (Å²) in [6, 6.07) is 12.9. The lowest BCUT2D eigenvalue weighted by Gasteiger charge is -2.05. The van der Waals surface area contributed by atoms with Crippen molar-refractivity contribution in [3.8, 4) is 0 Å². The number of aliphatic hydroxyl groups excluding tert-OH is 1. The van der Waals surface area contributed by atoms with E-state index in [0.717, 1.165) is 10.9 Å². The molecule has 1 unspecified atom stereocenters. The molecule has 0 radical (unpaired) electrons. The zero-order chi connectivity index (χ0) is 14.4. The van der Waals surface area contributed by atoms with E-state index in [1.54, 1.807) is 28.9 Å². The highest BCUT2D eigenvalue weighted by Crippen LogP contribution is 2.31. The van der Waals surface area contributed by atoms with Crippen LogP contribution in [-0.2, 0) is 0 Å². The Labute approximate surface area is 125 Å². The number of nitrogens with zero attached hydrogens (tertiary/aromatic N) is 2. The third-order valence-electron chi connectivity index (χ3n) is 3.52. The normalized spacial score (nSPS) is 13.0. The van der Waals surface area contributed by atoms with Crippen molar-refractivity contribution in [2.24, 2.45) is 0 Å². The molecule has 4 rings (SSSR count). The summed E-state index contributed by atoms with van der Waals surface area (Å²) in [7, 11) is 0. The molecule has 0 spiro atoms. The topological polar surface area (TPSA) is 50.7 Å². The summed E-state index contributed by atoms with van der Waals surface area (Å²) in [6.07, 6.45) is 2.63. The second-order valence-corrected chi connectivity index (χ2v) is 5.30. The van der Waals surface area contributed by atoms with Crippen LogP contribution in [0.1, 0.15) is 17.4 Å². The molecular formula is C16H11ClN2O2. The maximum absolute atomic E-state index is 10.6. The zero-order valence-corrected chi connectivity index (χ0v) is 11.7. The van der Waals surface area contributed by atoms with Gasteiger partial charge >= 0.3 is 0 Å². The number of rotatable bonds is 2. The minimum Gasteiger partial charge on any atom is -0.458 e. The lowest BCUT2D eigenvalue weighted by molar-refractivity contribution is 0.193. The Morgan fingerprint density at radius 1 is 1.19 bits per heavy atom. The van der Waals surface area contributed by atoms with E-state index in [2.05, 4.69) is 5.10 Å². The molecule has 0 amide bonds. The van der Waals surface area contributed by atoms with Crippen LogP contribution in [0.3, 0.4) is 0 Å². The van der Waals surface area contributed by atoms with Crippen LogP contribution < -0.4 is 0 Å². The van der Waals surface area contributed by atoms with Gasteiger partial charge in [-0.1, -0.05) is 17.7 Å². The molecule has 4 nitrogen and oxygen atoms in total. The fourth-order valence-electron chi connectivity index (χ4n) is 2.49. The summed E-state index contributed by atoms with van der Waals surface area (Å²) >= 11 is 5.97. The van der Waals surface area contributed by atoms with Crippen LogP contribution in [0.25, 0.3) is 16.5 Å². The maximum atomic E-state index is 10.6. The van der Waals surface area contributed by atoms with Crippen molar-refractivity contribution >= 4 is 28.1 Å². The molecule has 104 valence electrons. The van der Waals surface area contributed by atoms with E-state index >= 15 is 0 Å². The van der Waals surface area contributed by atoms with E-state index < -0.39 is 6.10 Å². The molecule has 4 aromatic rings. The van der Waals surface area contributed by atoms with Gasteiger partial charge in [-0.05, 0) is 36.4 Å². The Kier molecular flexibility index (Phi) is 2.74. The second kappa shape index (κ2) is 4.62. The first-order valence-electron chi connectivity index (χ1n) is 6.52. The fraction of sp³-hybridized carbons (Fsp3) is 0.0625. The van der Waals surface area contributed by atoms with Crippen LogP contribution in [0.2, 0.25) is 5.02 Å². The number of halogens is 1. The van der Waals surface area contributed by atoms with Crippen molar-refractivity contribution in [3.63, 3.8) is 0 Å². The van der Waals surface area contributed by atoms with Gasteiger partial charge in [0.05, 0.1) is 11.7 Å². The monoisotopic (exact) mass is 298 g/mol. The predicted octanol–water partition coefficient (Wildman–Crippen LogP) is 3.82. The van der Waals surface area contributed by atoms with Gasteiger partial charge in [-0.25, -0.2) is 4.52 Å². The Morgan fingerprint density at radius 3 is 3.00 bits per heavy atom. The third-order valence-corrected chi connectivity index (χ3v) is 3.75. The van der Waals surface area contributed by atoms with Crippen LogP contribution in [0, 0.1) is 0 Å². The van der Waals surface area contributed by atoms with Crippen LogP contribution in [0.4, 0.5) is 0 Å². The maximum Gasteiger partial charge on any atom is 0.140 e. The zero-order valence-electron chi connectivity index (χ0n) is 10.9. The van der Waals surface area contributed by atoms with Gasteiger partial charge in [0.15, 0.2) is 0 Å². The lowest BCUT2D eigenvalue weighted by Crippen LogP contribution is -1.97. The fourth-order valence-corrected chi connectivity index (χ4v) is 2.67. The minimum absolute atomic E-state index is 0.478. The SMILES string of the molecule is OC(c1cc2cc(Cl)ccc2o1)c1cnn2ccccc12. The molecular weight excluding hydrogens is 288 g/mol. The number of hydrogen-bond donors (Lipinski definition) is 1. The summed E-state index contributed by atoms with van der Waals surface area (Å²) < 4.78 is 7.43. The van der Waals surface area contributed by atoms with Crippen molar-refractivity contribution < 1.29 is 9.52 Å². The van der Waals surface area contributed by atoms with Crippen LogP contribution in [0.15, 0.2) is 59.3 Å². The van der Waals surface area contributed by atoms with E-state index in [9.17, 15) is 5.11 Å². The Bertz CT molecular complexity index is 942. The molecule has 0 fully saturated rings. The molecule has 3 aromatic heterocycles. The summed E-state index contributed by atoms with van der Waals surface area (Å²) in [4.78, 5) is 0. The number of pyridine rings is 1. The number of fused-ring (bicyclic) bond motifs is 2. The standard InChI is InChI=1S/C16H11ClN2O2/c17-11-4-5-14-10(7-11)8-15(21-14)16(20)12-9-18-19-6-2-1-3-13(12)19/h1-9,16,20H. The van der Waals surface area contributed by atoms with E-state index in [4.69, 9.17) is 16.0 Å². The summed E-state index contributed by atoms with van der Waals surface area (Å²) in [5.74, 6) is 0.478. The van der Waals surface area contributed by atoms with Crippen LogP contribution in [0.5, 0.6) is 0 Å². The van der Waals surface area contributed by atoms with Gasteiger partial charge in [-0.2, -0.15) is 5.10 Å². The molecule has 0 aliphatic heterocycles. The lowest BCUT2D eigenvalue weighted by atomic mass is 10.1. The van der Waals surface area contributed by atoms with Crippen molar-refractivity contribution in [1.82, 2.24) is 9.61 Å². The number of aromatic nitrogens is 2. The molecule has 0 saturated carbocycles. The molecule has 21 heavy (non-hydrogen) atoms. The van der Waals surface area contributed by atoms with Gasteiger partial charge in [0.1, 0.15) is 17.4 Å². The predicted molar refractivity (Wildman–Crippen MR) is 80.5 cm³/mol. The molecule has 1 aromatic carbocycles. The summed E-state index contributed by atoms with van der Waals surface area (Å²) in [5, 5.41) is 16.3. The molecule has 0 saturated heterocycles. The largest absolute Gasteiger partial charge is 0.458 e. The highest BCUT2D eigenvalue weighted by molar-refractivity contribution is 6.31. The summed E-state index contributed by atoms with van der Waals surface area (Å²) in [5.41, 5.74) is 2.26. The van der Waals surface area contributed by atoms with Crippen LogP contribution in [-0.4, -0.2) is 14.7 Å². The van der Waals surface area contributed by atoms with Gasteiger partial charge in [0.25, 0.3) is 0 Å². The first-order chi connectivity index (χ1) is 10.2. The molecule has 0 aliphatic rings. The Hall–Kier alpha value is -2.30. The number of aliphatic hydroxyl groups is 1. The smallest absolute Gasteiger partial charge is 0.140 e. The van der Waals surface area contributed by atoms with E-state index in [0.29, 0.717) is 21.9 Å². The molecule has 0 aliphatic carbocycles. The van der Waals surface area contributed by atoms with Gasteiger partial charge in [0.2, 0.25) is 0 Å². The van der Waals surface area contributed by atoms with Crippen molar-refractivity contribution in [1.29, 1.82) is 0 Å². The van der Waals surface area contributed by atoms with Crippen molar-refractivity contribution in [2.75, 3.05) is 0 Å². The molecule has 1 N–H and O–H groups in total. The van der Waals surface area contributed by atoms with E-state index in [1.165, 1.54) is 0 Å². The average Bonchev–Trinajstić information content (AvgIpc) is 3.09. The van der Waals surface area contributed by atoms with E-state index in [1.807, 2.05) is 30.5 Å². The highest BCUT2D eigenvalue weighted by Gasteiger charge is 2.19. The Morgan fingerprint density at radius 2 is 2.10 bits per heavy atom. The van der Waals surface area contributed by atoms with Gasteiger partial charge < -0.3 is 9.52 Å². The van der Waals surface area contributed by atoms with Gasteiger partial charge in [0, 0.05) is 22.2 Å². The molecule has 1 atom stereocenters. The first-order valence-corrected chi connectivity index (χ1v) is 6.89. The van der Waals surface area contributed by atoms with E-state index in [-0.39, 0.29) is 0 Å². The molecule has 0 bridgehead atoms. The number of furan rings is 1. The van der Waals surface area contributed by atoms with Gasteiger partial charge in [-0.15, -0.1) is 0 Å². The summed E-state index contributed by atoms with van der Waals surface area (Å²) in [6.45, 7) is 0. The first kappa shape index (κ1) is 12.4.